The number of carboxylic acids is 2. The van der Waals surface area contributed by atoms with E-state index in [1.54, 1.807) is 0 Å². The number of hydrogen-bond acceptors (Lipinski definition) is 3. The minimum absolute atomic E-state index is 0.00995. The summed E-state index contributed by atoms with van der Waals surface area (Å²) in [5.74, 6) is -2.89. The minimum atomic E-state index is -1.49. The molecule has 6 nitrogen and oxygen atoms in total. The average molecular weight is 187 g/mol. The lowest BCUT2D eigenvalue weighted by Crippen LogP contribution is -2.33. The summed E-state index contributed by atoms with van der Waals surface area (Å²) in [6.45, 7) is 1.20. The van der Waals surface area contributed by atoms with Gasteiger partial charge in [-0.15, -0.1) is 0 Å². The van der Waals surface area contributed by atoms with Crippen molar-refractivity contribution in [2.45, 2.75) is 18.9 Å². The molecule has 0 aromatic rings. The van der Waals surface area contributed by atoms with E-state index >= 15 is 0 Å². The van der Waals surface area contributed by atoms with Gasteiger partial charge in [0.1, 0.15) is 0 Å². The highest BCUT2D eigenvalue weighted by molar-refractivity contribution is 5.95. The number of carbonyl (C=O) groups excluding carboxylic acids is 1. The Hall–Kier alpha value is -1.59. The first kappa shape index (κ1) is 9.50. The zero-order chi connectivity index (χ0) is 10.2. The summed E-state index contributed by atoms with van der Waals surface area (Å²) < 4.78 is 0. The standard InChI is InChI=1S/C7H9NO5/c1-4(9)8-3-7(8,6(12)13)2-5(10)11/h2-3H2,1H3,(H,10,11)(H,12,13). The van der Waals surface area contributed by atoms with Gasteiger partial charge in [0, 0.05) is 6.92 Å². The molecular formula is C7H9NO5. The molecule has 1 aliphatic rings. The van der Waals surface area contributed by atoms with E-state index in [2.05, 4.69) is 0 Å². The van der Waals surface area contributed by atoms with Crippen molar-refractivity contribution >= 4 is 17.8 Å². The van der Waals surface area contributed by atoms with E-state index in [0.717, 1.165) is 4.90 Å². The SMILES string of the molecule is CC(=O)N1CC1(CC(=O)O)C(=O)O. The molecule has 1 atom stereocenters. The molecule has 0 aliphatic carbocycles. The Morgan fingerprint density at radius 2 is 1.92 bits per heavy atom. The normalized spacial score (nSPS) is 25.5. The first-order valence-electron chi connectivity index (χ1n) is 3.63. The quantitative estimate of drug-likeness (QED) is 0.561. The third-order valence-corrected chi connectivity index (χ3v) is 2.05. The molecule has 1 aliphatic heterocycles. The van der Waals surface area contributed by atoms with Crippen LogP contribution in [0.25, 0.3) is 0 Å². The molecule has 72 valence electrons. The average Bonchev–Trinajstić information content (AvgIpc) is 2.62. The molecule has 0 aromatic heterocycles. The minimum Gasteiger partial charge on any atom is -0.481 e. The highest BCUT2D eigenvalue weighted by Crippen LogP contribution is 2.35. The molecule has 13 heavy (non-hydrogen) atoms. The number of aliphatic carboxylic acids is 2. The van der Waals surface area contributed by atoms with Gasteiger partial charge in [0.05, 0.1) is 13.0 Å². The summed E-state index contributed by atoms with van der Waals surface area (Å²) in [5, 5.41) is 17.2. The van der Waals surface area contributed by atoms with Crippen LogP contribution in [0.1, 0.15) is 13.3 Å². The number of carbonyl (C=O) groups is 3. The lowest BCUT2D eigenvalue weighted by Gasteiger charge is -2.08. The van der Waals surface area contributed by atoms with Crippen molar-refractivity contribution in [1.29, 1.82) is 0 Å². The summed E-state index contributed by atoms with van der Waals surface area (Å²) >= 11 is 0. The van der Waals surface area contributed by atoms with E-state index in [-0.39, 0.29) is 6.54 Å². The summed E-state index contributed by atoms with van der Waals surface area (Å²) in [7, 11) is 0. The van der Waals surface area contributed by atoms with Gasteiger partial charge < -0.3 is 15.1 Å². The molecule has 1 rings (SSSR count). The molecule has 0 radical (unpaired) electrons. The van der Waals surface area contributed by atoms with Crippen LogP contribution in [0, 0.1) is 0 Å². The fourth-order valence-electron chi connectivity index (χ4n) is 1.30. The maximum atomic E-state index is 10.8. The summed E-state index contributed by atoms with van der Waals surface area (Å²) in [5.41, 5.74) is -1.49. The molecule has 1 heterocycles. The van der Waals surface area contributed by atoms with Crippen LogP contribution in [0.3, 0.4) is 0 Å². The molecule has 1 amide bonds. The molecule has 0 aromatic carbocycles. The van der Waals surface area contributed by atoms with Crippen molar-refractivity contribution < 1.29 is 24.6 Å². The van der Waals surface area contributed by atoms with E-state index in [0.29, 0.717) is 0 Å². The van der Waals surface area contributed by atoms with Crippen LogP contribution < -0.4 is 0 Å². The van der Waals surface area contributed by atoms with Crippen molar-refractivity contribution in [2.24, 2.45) is 0 Å². The van der Waals surface area contributed by atoms with Gasteiger partial charge in [0.15, 0.2) is 5.54 Å². The maximum absolute atomic E-state index is 10.8. The Morgan fingerprint density at radius 1 is 1.38 bits per heavy atom. The third-order valence-electron chi connectivity index (χ3n) is 2.05. The van der Waals surface area contributed by atoms with Crippen molar-refractivity contribution in [1.82, 2.24) is 4.90 Å². The Labute approximate surface area is 73.8 Å². The number of nitrogens with zero attached hydrogens (tertiary/aromatic N) is 1. The maximum Gasteiger partial charge on any atom is 0.332 e. The van der Waals surface area contributed by atoms with Gasteiger partial charge in [0.25, 0.3) is 0 Å². The first-order chi connectivity index (χ1) is 5.90. The molecule has 0 spiro atoms. The summed E-state index contributed by atoms with van der Waals surface area (Å²) in [6.07, 6.45) is -0.540. The second-order valence-corrected chi connectivity index (χ2v) is 3.01. The van der Waals surface area contributed by atoms with E-state index in [1.807, 2.05) is 0 Å². The predicted octanol–water partition coefficient (Wildman–Crippen LogP) is -0.853. The van der Waals surface area contributed by atoms with Crippen LogP contribution >= 0.6 is 0 Å². The second kappa shape index (κ2) is 2.72. The second-order valence-electron chi connectivity index (χ2n) is 3.01. The van der Waals surface area contributed by atoms with Crippen LogP contribution in [0.2, 0.25) is 0 Å². The number of amides is 1. The predicted molar refractivity (Wildman–Crippen MR) is 40.0 cm³/mol. The van der Waals surface area contributed by atoms with Crippen LogP contribution in [-0.2, 0) is 14.4 Å². The fraction of sp³-hybridized carbons (Fsp3) is 0.571. The molecule has 2 N–H and O–H groups in total. The highest BCUT2D eigenvalue weighted by atomic mass is 16.4. The Morgan fingerprint density at radius 3 is 2.15 bits per heavy atom. The van der Waals surface area contributed by atoms with Gasteiger partial charge >= 0.3 is 11.9 Å². The monoisotopic (exact) mass is 187 g/mol. The van der Waals surface area contributed by atoms with Crippen molar-refractivity contribution in [3.8, 4) is 0 Å². The number of carboxylic acid groups (broad SMARTS) is 2. The molecule has 0 saturated carbocycles. The van der Waals surface area contributed by atoms with Crippen LogP contribution in [0.4, 0.5) is 0 Å². The van der Waals surface area contributed by atoms with Gasteiger partial charge in [-0.05, 0) is 0 Å². The lowest BCUT2D eigenvalue weighted by atomic mass is 10.1. The summed E-state index contributed by atoms with van der Waals surface area (Å²) in [4.78, 5) is 32.8. The number of hydrogen-bond donors (Lipinski definition) is 2. The molecule has 1 saturated heterocycles. The van der Waals surface area contributed by atoms with E-state index in [9.17, 15) is 14.4 Å². The molecule has 1 fully saturated rings. The Balaban J connectivity index is 2.77. The topological polar surface area (TPSA) is 94.7 Å². The number of rotatable bonds is 3. The third kappa shape index (κ3) is 1.47. The van der Waals surface area contributed by atoms with Crippen LogP contribution in [-0.4, -0.2) is 45.0 Å². The first-order valence-corrected chi connectivity index (χ1v) is 3.63. The Kier molecular flexibility index (Phi) is 1.99. The van der Waals surface area contributed by atoms with Crippen molar-refractivity contribution in [3.63, 3.8) is 0 Å². The summed E-state index contributed by atoms with van der Waals surface area (Å²) in [6, 6.07) is 0. The smallest absolute Gasteiger partial charge is 0.332 e. The largest absolute Gasteiger partial charge is 0.481 e. The van der Waals surface area contributed by atoms with Gasteiger partial charge in [-0.3, -0.25) is 9.59 Å². The molecule has 1 unspecified atom stereocenters. The molecule has 6 heteroatoms. The van der Waals surface area contributed by atoms with Gasteiger partial charge in [-0.1, -0.05) is 0 Å². The van der Waals surface area contributed by atoms with Crippen molar-refractivity contribution in [3.05, 3.63) is 0 Å². The van der Waals surface area contributed by atoms with Gasteiger partial charge in [-0.25, -0.2) is 4.79 Å². The lowest BCUT2D eigenvalue weighted by molar-refractivity contribution is -0.149. The molecule has 0 bridgehead atoms. The molecular weight excluding hydrogens is 178 g/mol. The van der Waals surface area contributed by atoms with Crippen LogP contribution in [0.5, 0.6) is 0 Å². The van der Waals surface area contributed by atoms with E-state index in [4.69, 9.17) is 10.2 Å². The Bertz CT molecular complexity index is 287. The van der Waals surface area contributed by atoms with Gasteiger partial charge in [0.2, 0.25) is 5.91 Å². The van der Waals surface area contributed by atoms with E-state index in [1.165, 1.54) is 6.92 Å². The van der Waals surface area contributed by atoms with E-state index < -0.39 is 29.8 Å². The highest BCUT2D eigenvalue weighted by Gasteiger charge is 2.61. The zero-order valence-corrected chi connectivity index (χ0v) is 6.98. The van der Waals surface area contributed by atoms with Gasteiger partial charge in [-0.2, -0.15) is 0 Å². The zero-order valence-electron chi connectivity index (χ0n) is 6.98. The van der Waals surface area contributed by atoms with Crippen molar-refractivity contribution in [2.75, 3.05) is 6.54 Å². The fourth-order valence-corrected chi connectivity index (χ4v) is 1.30. The van der Waals surface area contributed by atoms with Crippen LogP contribution in [0.15, 0.2) is 0 Å².